The van der Waals surface area contributed by atoms with Crippen molar-refractivity contribution in [3.8, 4) is 0 Å². The molecule has 6 nitrogen and oxygen atoms in total. The first kappa shape index (κ1) is 19.0. The van der Waals surface area contributed by atoms with E-state index in [9.17, 15) is 14.7 Å². The van der Waals surface area contributed by atoms with Gasteiger partial charge in [0.05, 0.1) is 12.6 Å². The Morgan fingerprint density at radius 2 is 1.70 bits per heavy atom. The van der Waals surface area contributed by atoms with Gasteiger partial charge in [0.2, 0.25) is 5.91 Å². The molecule has 0 unspecified atom stereocenters. The topological polar surface area (TPSA) is 90.5 Å². The van der Waals surface area contributed by atoms with E-state index in [1.807, 2.05) is 27.7 Å². The van der Waals surface area contributed by atoms with E-state index < -0.39 is 0 Å². The van der Waals surface area contributed by atoms with Gasteiger partial charge in [-0.3, -0.25) is 4.79 Å². The highest BCUT2D eigenvalue weighted by molar-refractivity contribution is 5.94. The fourth-order valence-electron chi connectivity index (χ4n) is 2.06. The third kappa shape index (κ3) is 7.15. The standard InChI is InChI=1S/C17H27N3O3/c1-11(2)8-15(10-21)20-17(23)19-14-7-5-6-13(9-14)18-16(22)12(3)4/h5-7,9,11-12,15,21H,8,10H2,1-4H3,(H,18,22)(H2,19,20,23)/t15-/m0/s1. The van der Waals surface area contributed by atoms with E-state index in [0.29, 0.717) is 23.7 Å². The van der Waals surface area contributed by atoms with Crippen LogP contribution in [0.15, 0.2) is 24.3 Å². The van der Waals surface area contributed by atoms with E-state index in [0.717, 1.165) is 0 Å². The molecule has 0 heterocycles. The summed E-state index contributed by atoms with van der Waals surface area (Å²) in [6, 6.07) is 6.29. The van der Waals surface area contributed by atoms with Gasteiger partial charge in [-0.25, -0.2) is 4.79 Å². The van der Waals surface area contributed by atoms with Crippen LogP contribution in [0, 0.1) is 11.8 Å². The van der Waals surface area contributed by atoms with Gasteiger partial charge in [0.25, 0.3) is 0 Å². The van der Waals surface area contributed by atoms with E-state index in [-0.39, 0.29) is 30.5 Å². The molecule has 6 heteroatoms. The Labute approximate surface area is 137 Å². The zero-order valence-electron chi connectivity index (χ0n) is 14.2. The van der Waals surface area contributed by atoms with E-state index in [1.54, 1.807) is 24.3 Å². The Hall–Kier alpha value is -2.08. The summed E-state index contributed by atoms with van der Waals surface area (Å²) >= 11 is 0. The number of benzene rings is 1. The highest BCUT2D eigenvalue weighted by atomic mass is 16.3. The van der Waals surface area contributed by atoms with Gasteiger partial charge >= 0.3 is 6.03 Å². The number of rotatable bonds is 7. The lowest BCUT2D eigenvalue weighted by Gasteiger charge is -2.18. The van der Waals surface area contributed by atoms with Crippen molar-refractivity contribution in [1.82, 2.24) is 5.32 Å². The van der Waals surface area contributed by atoms with Crippen LogP contribution in [-0.2, 0) is 4.79 Å². The molecule has 0 bridgehead atoms. The number of anilines is 2. The average molecular weight is 321 g/mol. The summed E-state index contributed by atoms with van der Waals surface area (Å²) in [4.78, 5) is 23.7. The van der Waals surface area contributed by atoms with E-state index >= 15 is 0 Å². The number of aliphatic hydroxyl groups excluding tert-OH is 1. The smallest absolute Gasteiger partial charge is 0.319 e. The Kier molecular flexibility index (Phi) is 7.54. The van der Waals surface area contributed by atoms with Gasteiger partial charge in [-0.15, -0.1) is 0 Å². The Balaban J connectivity index is 2.62. The fourth-order valence-corrected chi connectivity index (χ4v) is 2.06. The van der Waals surface area contributed by atoms with Crippen molar-refractivity contribution in [2.75, 3.05) is 17.2 Å². The number of aliphatic hydroxyl groups is 1. The fraction of sp³-hybridized carbons (Fsp3) is 0.529. The number of amides is 3. The summed E-state index contributed by atoms with van der Waals surface area (Å²) in [6.07, 6.45) is 0.703. The van der Waals surface area contributed by atoms with Crippen molar-refractivity contribution in [1.29, 1.82) is 0 Å². The largest absolute Gasteiger partial charge is 0.394 e. The maximum Gasteiger partial charge on any atom is 0.319 e. The lowest BCUT2D eigenvalue weighted by molar-refractivity contribution is -0.118. The third-order valence-corrected chi connectivity index (χ3v) is 3.22. The molecule has 0 fully saturated rings. The third-order valence-electron chi connectivity index (χ3n) is 3.22. The minimum atomic E-state index is -0.378. The predicted molar refractivity (Wildman–Crippen MR) is 92.4 cm³/mol. The van der Waals surface area contributed by atoms with Gasteiger partial charge in [0.1, 0.15) is 0 Å². The molecule has 0 saturated carbocycles. The molecular formula is C17H27N3O3. The summed E-state index contributed by atoms with van der Waals surface area (Å²) < 4.78 is 0. The molecule has 0 radical (unpaired) electrons. The zero-order chi connectivity index (χ0) is 17.4. The van der Waals surface area contributed by atoms with Crippen LogP contribution < -0.4 is 16.0 Å². The number of nitrogens with one attached hydrogen (secondary N) is 3. The van der Waals surface area contributed by atoms with Crippen LogP contribution in [0.3, 0.4) is 0 Å². The van der Waals surface area contributed by atoms with Gasteiger partial charge in [-0.1, -0.05) is 33.8 Å². The van der Waals surface area contributed by atoms with Crippen molar-refractivity contribution < 1.29 is 14.7 Å². The Morgan fingerprint density at radius 1 is 1.09 bits per heavy atom. The molecule has 1 aromatic rings. The number of hydrogen-bond acceptors (Lipinski definition) is 3. The van der Waals surface area contributed by atoms with Crippen molar-refractivity contribution >= 4 is 23.3 Å². The molecule has 0 spiro atoms. The van der Waals surface area contributed by atoms with Crippen LogP contribution in [0.5, 0.6) is 0 Å². The Morgan fingerprint density at radius 3 is 2.22 bits per heavy atom. The van der Waals surface area contributed by atoms with Crippen molar-refractivity contribution in [2.45, 2.75) is 40.2 Å². The molecule has 0 aliphatic rings. The minimum Gasteiger partial charge on any atom is -0.394 e. The van der Waals surface area contributed by atoms with Crippen LogP contribution in [0.25, 0.3) is 0 Å². The van der Waals surface area contributed by atoms with Gasteiger partial charge < -0.3 is 21.1 Å². The van der Waals surface area contributed by atoms with Crippen LogP contribution in [0.1, 0.15) is 34.1 Å². The summed E-state index contributed by atoms with van der Waals surface area (Å²) in [6.45, 7) is 7.59. The number of carbonyl (C=O) groups is 2. The molecule has 0 aliphatic carbocycles. The Bertz CT molecular complexity index is 530. The van der Waals surface area contributed by atoms with Gasteiger partial charge in [-0.2, -0.15) is 0 Å². The molecule has 1 atom stereocenters. The maximum absolute atomic E-state index is 12.0. The van der Waals surface area contributed by atoms with Crippen molar-refractivity contribution in [3.05, 3.63) is 24.3 Å². The first-order valence-electron chi connectivity index (χ1n) is 7.91. The molecule has 4 N–H and O–H groups in total. The second-order valence-corrected chi connectivity index (χ2v) is 6.33. The lowest BCUT2D eigenvalue weighted by Crippen LogP contribution is -2.40. The zero-order valence-corrected chi connectivity index (χ0v) is 14.2. The minimum absolute atomic E-state index is 0.0797. The summed E-state index contributed by atoms with van der Waals surface area (Å²) in [5.41, 5.74) is 1.20. The second kappa shape index (κ2) is 9.15. The first-order chi connectivity index (χ1) is 10.8. The average Bonchev–Trinajstić information content (AvgIpc) is 2.46. The SMILES string of the molecule is CC(C)C[C@@H](CO)NC(=O)Nc1cccc(NC(=O)C(C)C)c1. The monoisotopic (exact) mass is 321 g/mol. The highest BCUT2D eigenvalue weighted by Gasteiger charge is 2.13. The van der Waals surface area contributed by atoms with Crippen LogP contribution >= 0.6 is 0 Å². The van der Waals surface area contributed by atoms with Gasteiger partial charge in [-0.05, 0) is 30.5 Å². The van der Waals surface area contributed by atoms with Crippen LogP contribution in [0.2, 0.25) is 0 Å². The molecule has 0 aliphatic heterocycles. The molecule has 1 rings (SSSR count). The van der Waals surface area contributed by atoms with Crippen molar-refractivity contribution in [2.24, 2.45) is 11.8 Å². The molecular weight excluding hydrogens is 294 g/mol. The number of carbonyl (C=O) groups excluding carboxylic acids is 2. The van der Waals surface area contributed by atoms with Gasteiger partial charge in [0, 0.05) is 17.3 Å². The predicted octanol–water partition coefficient (Wildman–Crippen LogP) is 2.81. The lowest BCUT2D eigenvalue weighted by atomic mass is 10.0. The molecule has 23 heavy (non-hydrogen) atoms. The van der Waals surface area contributed by atoms with Gasteiger partial charge in [0.15, 0.2) is 0 Å². The van der Waals surface area contributed by atoms with Crippen LogP contribution in [-0.4, -0.2) is 29.7 Å². The summed E-state index contributed by atoms with van der Waals surface area (Å²) in [7, 11) is 0. The van der Waals surface area contributed by atoms with E-state index in [1.165, 1.54) is 0 Å². The molecule has 3 amide bonds. The molecule has 128 valence electrons. The molecule has 0 saturated heterocycles. The van der Waals surface area contributed by atoms with Crippen molar-refractivity contribution in [3.63, 3.8) is 0 Å². The van der Waals surface area contributed by atoms with E-state index in [2.05, 4.69) is 16.0 Å². The quantitative estimate of drug-likeness (QED) is 0.622. The summed E-state index contributed by atoms with van der Waals surface area (Å²) in [5, 5.41) is 17.5. The second-order valence-electron chi connectivity index (χ2n) is 6.33. The molecule has 0 aromatic heterocycles. The number of urea groups is 1. The number of hydrogen-bond donors (Lipinski definition) is 4. The highest BCUT2D eigenvalue weighted by Crippen LogP contribution is 2.16. The summed E-state index contributed by atoms with van der Waals surface area (Å²) in [5.74, 6) is 0.183. The first-order valence-corrected chi connectivity index (χ1v) is 7.91. The van der Waals surface area contributed by atoms with E-state index in [4.69, 9.17) is 0 Å². The maximum atomic E-state index is 12.0. The normalized spacial score (nSPS) is 12.1. The molecule has 1 aromatic carbocycles. The van der Waals surface area contributed by atoms with Crippen LogP contribution in [0.4, 0.5) is 16.2 Å².